The molecule has 0 spiro atoms. The molecule has 1 unspecified atom stereocenters. The van der Waals surface area contributed by atoms with E-state index in [0.717, 1.165) is 23.5 Å². The second-order valence-electron chi connectivity index (χ2n) is 5.95. The lowest BCUT2D eigenvalue weighted by Crippen LogP contribution is -2.30. The summed E-state index contributed by atoms with van der Waals surface area (Å²) in [7, 11) is 2.10. The molecule has 19 heavy (non-hydrogen) atoms. The van der Waals surface area contributed by atoms with Crippen LogP contribution in [0.4, 0.5) is 11.4 Å². The number of rotatable bonds is 6. The Morgan fingerprint density at radius 3 is 2.32 bits per heavy atom. The molecule has 2 N–H and O–H groups in total. The van der Waals surface area contributed by atoms with Gasteiger partial charge in [-0.25, -0.2) is 0 Å². The zero-order valence-corrected chi connectivity index (χ0v) is 13.1. The van der Waals surface area contributed by atoms with Gasteiger partial charge in [-0.3, -0.25) is 0 Å². The van der Waals surface area contributed by atoms with Crippen molar-refractivity contribution in [2.24, 2.45) is 5.92 Å². The van der Waals surface area contributed by atoms with Crippen molar-refractivity contribution in [2.45, 2.75) is 53.2 Å². The van der Waals surface area contributed by atoms with E-state index in [1.807, 2.05) is 26.0 Å². The van der Waals surface area contributed by atoms with Crippen molar-refractivity contribution in [2.75, 3.05) is 17.7 Å². The topological polar surface area (TPSA) is 38.5 Å². The van der Waals surface area contributed by atoms with E-state index in [0.29, 0.717) is 12.0 Å². The van der Waals surface area contributed by atoms with Gasteiger partial charge in [-0.1, -0.05) is 19.9 Å². The van der Waals surface area contributed by atoms with Crippen LogP contribution in [0.5, 0.6) is 5.75 Å². The molecule has 1 atom stereocenters. The minimum Gasteiger partial charge on any atom is -0.489 e. The molecule has 108 valence electrons. The minimum atomic E-state index is 0.135. The number of hydrogen-bond donors (Lipinski definition) is 1. The molecule has 0 aliphatic heterocycles. The molecule has 0 bridgehead atoms. The minimum absolute atomic E-state index is 0.135. The Hall–Kier alpha value is -1.38. The molecule has 3 nitrogen and oxygen atoms in total. The normalized spacial score (nSPS) is 12.8. The van der Waals surface area contributed by atoms with Gasteiger partial charge in [0.2, 0.25) is 0 Å². The number of anilines is 2. The lowest BCUT2D eigenvalue weighted by Gasteiger charge is -2.30. The number of benzene rings is 1. The third kappa shape index (κ3) is 4.34. The second-order valence-corrected chi connectivity index (χ2v) is 5.95. The smallest absolute Gasteiger partial charge is 0.144 e. The van der Waals surface area contributed by atoms with E-state index in [2.05, 4.69) is 38.8 Å². The molecule has 0 saturated carbocycles. The lowest BCUT2D eigenvalue weighted by molar-refractivity contribution is 0.244. The first kappa shape index (κ1) is 15.7. The zero-order chi connectivity index (χ0) is 14.6. The lowest BCUT2D eigenvalue weighted by atomic mass is 10.0. The van der Waals surface area contributed by atoms with Crippen molar-refractivity contribution >= 4 is 11.4 Å². The second kappa shape index (κ2) is 6.69. The predicted molar refractivity (Wildman–Crippen MR) is 83.9 cm³/mol. The highest BCUT2D eigenvalue weighted by molar-refractivity contribution is 5.74. The van der Waals surface area contributed by atoms with E-state index in [1.54, 1.807) is 0 Å². The summed E-state index contributed by atoms with van der Waals surface area (Å²) in [5.74, 6) is 1.45. The van der Waals surface area contributed by atoms with Crippen LogP contribution in [-0.2, 0) is 0 Å². The summed E-state index contributed by atoms with van der Waals surface area (Å²) < 4.78 is 5.74. The zero-order valence-electron chi connectivity index (χ0n) is 13.1. The summed E-state index contributed by atoms with van der Waals surface area (Å²) in [4.78, 5) is 2.24. The summed E-state index contributed by atoms with van der Waals surface area (Å²) in [5.41, 5.74) is 8.01. The van der Waals surface area contributed by atoms with Gasteiger partial charge >= 0.3 is 0 Å². The van der Waals surface area contributed by atoms with Crippen LogP contribution < -0.4 is 15.4 Å². The van der Waals surface area contributed by atoms with Gasteiger partial charge in [-0.2, -0.15) is 0 Å². The Morgan fingerprint density at radius 1 is 1.16 bits per heavy atom. The first-order chi connectivity index (χ1) is 8.82. The van der Waals surface area contributed by atoms with Crippen molar-refractivity contribution in [3.8, 4) is 5.75 Å². The van der Waals surface area contributed by atoms with Crippen LogP contribution >= 0.6 is 0 Å². The van der Waals surface area contributed by atoms with Gasteiger partial charge in [-0.05, 0) is 45.2 Å². The molecule has 0 aliphatic carbocycles. The fraction of sp³-hybridized carbons (Fsp3) is 0.625. The molecule has 0 aliphatic rings. The Balaban J connectivity index is 2.94. The van der Waals surface area contributed by atoms with E-state index in [9.17, 15) is 0 Å². The summed E-state index contributed by atoms with van der Waals surface area (Å²) in [6.07, 6.45) is 1.28. The molecule has 0 amide bonds. The standard InChI is InChI=1S/C16H28N2O/c1-11(2)10-13(5)18(6)14-8-7-9-15(16(14)17)19-12(3)4/h7-9,11-13H,10,17H2,1-6H3. The van der Waals surface area contributed by atoms with Gasteiger partial charge in [0.1, 0.15) is 5.75 Å². The molecule has 0 saturated heterocycles. The van der Waals surface area contributed by atoms with Gasteiger partial charge in [0.25, 0.3) is 0 Å². The highest BCUT2D eigenvalue weighted by Gasteiger charge is 2.16. The van der Waals surface area contributed by atoms with Crippen LogP contribution in [-0.4, -0.2) is 19.2 Å². The van der Waals surface area contributed by atoms with Gasteiger partial charge in [0.05, 0.1) is 17.5 Å². The number of nitrogen functional groups attached to an aromatic ring is 1. The van der Waals surface area contributed by atoms with Crippen LogP contribution in [0.1, 0.15) is 41.0 Å². The highest BCUT2D eigenvalue weighted by Crippen LogP contribution is 2.33. The third-order valence-electron chi connectivity index (χ3n) is 3.26. The Labute approximate surface area is 117 Å². The quantitative estimate of drug-likeness (QED) is 0.791. The van der Waals surface area contributed by atoms with Crippen molar-refractivity contribution in [3.05, 3.63) is 18.2 Å². The third-order valence-corrected chi connectivity index (χ3v) is 3.26. The van der Waals surface area contributed by atoms with Crippen LogP contribution in [0, 0.1) is 5.92 Å². The molecule has 1 aromatic carbocycles. The fourth-order valence-corrected chi connectivity index (χ4v) is 2.27. The molecule has 1 rings (SSSR count). The van der Waals surface area contributed by atoms with Crippen LogP contribution in [0.25, 0.3) is 0 Å². The van der Waals surface area contributed by atoms with Gasteiger partial charge in [0.15, 0.2) is 0 Å². The van der Waals surface area contributed by atoms with E-state index < -0.39 is 0 Å². The van der Waals surface area contributed by atoms with Gasteiger partial charge in [0, 0.05) is 13.1 Å². The van der Waals surface area contributed by atoms with E-state index in [-0.39, 0.29) is 6.10 Å². The molecule has 1 aromatic rings. The SMILES string of the molecule is CC(C)CC(C)N(C)c1cccc(OC(C)C)c1N. The Morgan fingerprint density at radius 2 is 1.79 bits per heavy atom. The maximum atomic E-state index is 6.23. The Bertz CT molecular complexity index is 402. The summed E-state index contributed by atoms with van der Waals surface area (Å²) in [5, 5.41) is 0. The molecule has 0 fully saturated rings. The van der Waals surface area contributed by atoms with Gasteiger partial charge < -0.3 is 15.4 Å². The molecular weight excluding hydrogens is 236 g/mol. The van der Waals surface area contributed by atoms with Crippen LogP contribution in [0.3, 0.4) is 0 Å². The molecule has 3 heteroatoms. The van der Waals surface area contributed by atoms with E-state index in [4.69, 9.17) is 10.5 Å². The molecule has 0 radical (unpaired) electrons. The number of nitrogens with two attached hydrogens (primary N) is 1. The van der Waals surface area contributed by atoms with Crippen molar-refractivity contribution in [3.63, 3.8) is 0 Å². The average molecular weight is 264 g/mol. The Kier molecular flexibility index (Phi) is 5.52. The molecule has 0 aromatic heterocycles. The van der Waals surface area contributed by atoms with Crippen molar-refractivity contribution < 1.29 is 4.74 Å². The molecular formula is C16H28N2O. The van der Waals surface area contributed by atoms with E-state index >= 15 is 0 Å². The first-order valence-corrected chi connectivity index (χ1v) is 7.10. The monoisotopic (exact) mass is 264 g/mol. The van der Waals surface area contributed by atoms with Gasteiger partial charge in [-0.15, -0.1) is 0 Å². The fourth-order valence-electron chi connectivity index (χ4n) is 2.27. The summed E-state index contributed by atoms with van der Waals surface area (Å²) in [6.45, 7) is 10.7. The largest absolute Gasteiger partial charge is 0.489 e. The van der Waals surface area contributed by atoms with Crippen LogP contribution in [0.15, 0.2) is 18.2 Å². The highest BCUT2D eigenvalue weighted by atomic mass is 16.5. The van der Waals surface area contributed by atoms with Crippen molar-refractivity contribution in [1.29, 1.82) is 0 Å². The van der Waals surface area contributed by atoms with E-state index in [1.165, 1.54) is 0 Å². The number of para-hydroxylation sites is 1. The predicted octanol–water partition coefficient (Wildman–Crippen LogP) is 3.93. The number of hydrogen-bond acceptors (Lipinski definition) is 3. The maximum Gasteiger partial charge on any atom is 0.144 e. The number of ether oxygens (including phenoxy) is 1. The number of nitrogens with zero attached hydrogens (tertiary/aromatic N) is 1. The average Bonchev–Trinajstić information content (AvgIpc) is 2.29. The summed E-state index contributed by atoms with van der Waals surface area (Å²) in [6, 6.07) is 6.44. The first-order valence-electron chi connectivity index (χ1n) is 7.10. The van der Waals surface area contributed by atoms with Crippen LogP contribution in [0.2, 0.25) is 0 Å². The van der Waals surface area contributed by atoms with Crippen molar-refractivity contribution in [1.82, 2.24) is 0 Å². The summed E-state index contributed by atoms with van der Waals surface area (Å²) >= 11 is 0. The molecule has 0 heterocycles. The maximum absolute atomic E-state index is 6.23.